The van der Waals surface area contributed by atoms with Gasteiger partial charge in [-0.2, -0.15) is 5.26 Å². The van der Waals surface area contributed by atoms with E-state index in [2.05, 4.69) is 11.4 Å². The van der Waals surface area contributed by atoms with Crippen molar-refractivity contribution >= 4 is 6.09 Å². The lowest BCUT2D eigenvalue weighted by Gasteiger charge is -2.14. The van der Waals surface area contributed by atoms with Gasteiger partial charge in [-0.15, -0.1) is 0 Å². The van der Waals surface area contributed by atoms with E-state index in [0.29, 0.717) is 6.61 Å². The number of amides is 1. The number of rotatable bonds is 2. The molecule has 0 heterocycles. The lowest BCUT2D eigenvalue weighted by molar-refractivity contribution is 0.147. The maximum Gasteiger partial charge on any atom is 0.407 e. The zero-order chi connectivity index (χ0) is 9.68. The lowest BCUT2D eigenvalue weighted by Crippen LogP contribution is -2.37. The van der Waals surface area contributed by atoms with Crippen molar-refractivity contribution in [3.63, 3.8) is 0 Å². The minimum Gasteiger partial charge on any atom is -0.450 e. The Kier molecular flexibility index (Phi) is 3.56. The molecule has 0 aliphatic heterocycles. The summed E-state index contributed by atoms with van der Waals surface area (Å²) >= 11 is 0. The third-order valence-corrected chi connectivity index (χ3v) is 2.26. The van der Waals surface area contributed by atoms with Gasteiger partial charge in [-0.1, -0.05) is 0 Å². The van der Waals surface area contributed by atoms with Gasteiger partial charge in [0, 0.05) is 6.04 Å². The van der Waals surface area contributed by atoms with Gasteiger partial charge in [-0.3, -0.25) is 0 Å². The summed E-state index contributed by atoms with van der Waals surface area (Å²) in [5.74, 6) is -0.0376. The molecule has 4 nitrogen and oxygen atoms in total. The smallest absolute Gasteiger partial charge is 0.407 e. The summed E-state index contributed by atoms with van der Waals surface area (Å²) in [7, 11) is 0. The fraction of sp³-hybridized carbons (Fsp3) is 0.778. The van der Waals surface area contributed by atoms with Crippen molar-refractivity contribution in [3.8, 4) is 6.07 Å². The van der Waals surface area contributed by atoms with E-state index in [0.717, 1.165) is 19.3 Å². The number of nitrogens with zero attached hydrogens (tertiary/aromatic N) is 1. The first-order valence-corrected chi connectivity index (χ1v) is 4.60. The van der Waals surface area contributed by atoms with Gasteiger partial charge in [-0.25, -0.2) is 4.79 Å². The largest absolute Gasteiger partial charge is 0.450 e. The Morgan fingerprint density at radius 2 is 2.46 bits per heavy atom. The lowest BCUT2D eigenvalue weighted by atomic mass is 10.1. The van der Waals surface area contributed by atoms with Crippen molar-refractivity contribution in [1.29, 1.82) is 5.26 Å². The van der Waals surface area contributed by atoms with Gasteiger partial charge in [0.05, 0.1) is 18.6 Å². The van der Waals surface area contributed by atoms with Gasteiger partial charge in [-0.05, 0) is 26.2 Å². The average molecular weight is 182 g/mol. The van der Waals surface area contributed by atoms with E-state index < -0.39 is 6.09 Å². The monoisotopic (exact) mass is 182 g/mol. The van der Waals surface area contributed by atoms with Crippen molar-refractivity contribution in [2.45, 2.75) is 32.2 Å². The first-order valence-electron chi connectivity index (χ1n) is 4.60. The molecule has 1 saturated carbocycles. The second kappa shape index (κ2) is 4.70. The Labute approximate surface area is 77.9 Å². The van der Waals surface area contributed by atoms with Crippen molar-refractivity contribution in [1.82, 2.24) is 5.32 Å². The van der Waals surface area contributed by atoms with Crippen molar-refractivity contribution < 1.29 is 9.53 Å². The molecule has 1 rings (SSSR count). The van der Waals surface area contributed by atoms with Crippen LogP contribution in [0.4, 0.5) is 4.79 Å². The van der Waals surface area contributed by atoms with Crippen LogP contribution in [0.25, 0.3) is 0 Å². The number of nitriles is 1. The Balaban J connectivity index is 2.36. The predicted octanol–water partition coefficient (Wildman–Crippen LogP) is 1.42. The van der Waals surface area contributed by atoms with Gasteiger partial charge >= 0.3 is 6.09 Å². The number of nitrogens with one attached hydrogen (secondary N) is 1. The van der Waals surface area contributed by atoms with E-state index in [1.807, 2.05) is 0 Å². The van der Waals surface area contributed by atoms with Crippen molar-refractivity contribution in [2.75, 3.05) is 6.61 Å². The molecule has 2 atom stereocenters. The number of hydrogen-bond donors (Lipinski definition) is 1. The SMILES string of the molecule is CCOC(=O)NC1CCCC1C#N. The average Bonchev–Trinajstić information content (AvgIpc) is 2.52. The molecule has 2 unspecified atom stereocenters. The molecule has 0 bridgehead atoms. The molecule has 0 aromatic carbocycles. The van der Waals surface area contributed by atoms with E-state index >= 15 is 0 Å². The fourth-order valence-electron chi connectivity index (χ4n) is 1.61. The van der Waals surface area contributed by atoms with E-state index in [1.165, 1.54) is 0 Å². The fourth-order valence-corrected chi connectivity index (χ4v) is 1.61. The van der Waals surface area contributed by atoms with Crippen LogP contribution in [-0.2, 0) is 4.74 Å². The molecule has 13 heavy (non-hydrogen) atoms. The maximum absolute atomic E-state index is 11.0. The highest BCUT2D eigenvalue weighted by Crippen LogP contribution is 2.24. The molecule has 1 fully saturated rings. The van der Waals surface area contributed by atoms with Crippen LogP contribution in [0.15, 0.2) is 0 Å². The summed E-state index contributed by atoms with van der Waals surface area (Å²) in [6.45, 7) is 2.13. The van der Waals surface area contributed by atoms with Gasteiger partial charge in [0.15, 0.2) is 0 Å². The van der Waals surface area contributed by atoms with Gasteiger partial charge < -0.3 is 10.1 Å². The molecule has 0 aromatic rings. The van der Waals surface area contributed by atoms with Crippen LogP contribution in [0.5, 0.6) is 0 Å². The molecule has 1 N–H and O–H groups in total. The number of carbonyl (C=O) groups excluding carboxylic acids is 1. The molecule has 1 aliphatic carbocycles. The van der Waals surface area contributed by atoms with Crippen molar-refractivity contribution in [2.24, 2.45) is 5.92 Å². The highest BCUT2D eigenvalue weighted by atomic mass is 16.5. The van der Waals surface area contributed by atoms with Gasteiger partial charge in [0.1, 0.15) is 0 Å². The van der Waals surface area contributed by atoms with Crippen LogP contribution in [0.1, 0.15) is 26.2 Å². The van der Waals surface area contributed by atoms with Crippen LogP contribution in [-0.4, -0.2) is 18.7 Å². The first kappa shape index (κ1) is 9.85. The Morgan fingerprint density at radius 1 is 1.69 bits per heavy atom. The minimum absolute atomic E-state index is 0.0101. The van der Waals surface area contributed by atoms with E-state index in [-0.39, 0.29) is 12.0 Å². The molecule has 0 saturated heterocycles. The summed E-state index contributed by atoms with van der Waals surface area (Å²) in [4.78, 5) is 11.0. The molecular formula is C9H14N2O2. The van der Waals surface area contributed by atoms with Crippen LogP contribution >= 0.6 is 0 Å². The summed E-state index contributed by atoms with van der Waals surface area (Å²) in [5, 5.41) is 11.4. The zero-order valence-electron chi connectivity index (χ0n) is 7.75. The molecule has 1 aliphatic rings. The van der Waals surface area contributed by atoms with Gasteiger partial charge in [0.25, 0.3) is 0 Å². The summed E-state index contributed by atoms with van der Waals surface area (Å²) in [6, 6.07) is 2.18. The summed E-state index contributed by atoms with van der Waals surface area (Å²) < 4.78 is 4.74. The molecule has 4 heteroatoms. The van der Waals surface area contributed by atoms with E-state index in [4.69, 9.17) is 10.00 Å². The molecular weight excluding hydrogens is 168 g/mol. The minimum atomic E-state index is -0.408. The molecule has 72 valence electrons. The number of ether oxygens (including phenoxy) is 1. The highest BCUT2D eigenvalue weighted by Gasteiger charge is 2.28. The zero-order valence-corrected chi connectivity index (χ0v) is 7.75. The van der Waals surface area contributed by atoms with Crippen LogP contribution < -0.4 is 5.32 Å². The second-order valence-corrected chi connectivity index (χ2v) is 3.14. The molecule has 1 amide bonds. The quantitative estimate of drug-likeness (QED) is 0.702. The van der Waals surface area contributed by atoms with Crippen LogP contribution in [0.3, 0.4) is 0 Å². The molecule has 0 radical (unpaired) electrons. The topological polar surface area (TPSA) is 62.1 Å². The third-order valence-electron chi connectivity index (χ3n) is 2.26. The number of hydrogen-bond acceptors (Lipinski definition) is 3. The summed E-state index contributed by atoms with van der Waals surface area (Å²) in [6.07, 6.45) is 2.37. The summed E-state index contributed by atoms with van der Waals surface area (Å²) in [5.41, 5.74) is 0. The van der Waals surface area contributed by atoms with E-state index in [9.17, 15) is 4.79 Å². The van der Waals surface area contributed by atoms with Crippen LogP contribution in [0, 0.1) is 17.2 Å². The van der Waals surface area contributed by atoms with Gasteiger partial charge in [0.2, 0.25) is 0 Å². The Morgan fingerprint density at radius 3 is 3.08 bits per heavy atom. The Bertz CT molecular complexity index is 222. The third kappa shape index (κ3) is 2.62. The first-order chi connectivity index (χ1) is 6.27. The number of alkyl carbamates (subject to hydrolysis) is 1. The normalized spacial score (nSPS) is 26.5. The van der Waals surface area contributed by atoms with Crippen molar-refractivity contribution in [3.05, 3.63) is 0 Å². The number of carbonyl (C=O) groups is 1. The Hall–Kier alpha value is -1.24. The standard InChI is InChI=1S/C9H14N2O2/c1-2-13-9(12)11-8-5-3-4-7(8)6-10/h7-8H,2-5H2,1H3,(H,11,12). The van der Waals surface area contributed by atoms with E-state index in [1.54, 1.807) is 6.92 Å². The molecule has 0 aromatic heterocycles. The highest BCUT2D eigenvalue weighted by molar-refractivity contribution is 5.67. The second-order valence-electron chi connectivity index (χ2n) is 3.14. The maximum atomic E-state index is 11.0. The molecule has 0 spiro atoms. The predicted molar refractivity (Wildman–Crippen MR) is 46.9 cm³/mol. The van der Waals surface area contributed by atoms with Crippen LogP contribution in [0.2, 0.25) is 0 Å².